The summed E-state index contributed by atoms with van der Waals surface area (Å²) in [6, 6.07) is 15.3. The smallest absolute Gasteiger partial charge is 0.336 e. The number of aromatic hydroxyl groups is 1. The molecule has 0 radical (unpaired) electrons. The number of rotatable bonds is 7. The van der Waals surface area contributed by atoms with E-state index in [2.05, 4.69) is 17.0 Å². The maximum absolute atomic E-state index is 12.6. The average Bonchev–Trinajstić information content (AvgIpc) is 2.79. The third-order valence-electron chi connectivity index (χ3n) is 6.23. The number of carbonyl (C=O) groups is 1. The zero-order chi connectivity index (χ0) is 22.5. The summed E-state index contributed by atoms with van der Waals surface area (Å²) >= 11 is 0. The summed E-state index contributed by atoms with van der Waals surface area (Å²) in [7, 11) is 0. The summed E-state index contributed by atoms with van der Waals surface area (Å²) in [6.45, 7) is 5.53. The van der Waals surface area contributed by atoms with Crippen molar-refractivity contribution in [2.45, 2.75) is 39.2 Å². The van der Waals surface area contributed by atoms with Crippen molar-refractivity contribution >= 4 is 16.9 Å². The Hall–Kier alpha value is -3.12. The molecule has 0 bridgehead atoms. The van der Waals surface area contributed by atoms with Gasteiger partial charge in [-0.15, -0.1) is 0 Å². The maximum atomic E-state index is 12.6. The van der Waals surface area contributed by atoms with Crippen LogP contribution in [0.25, 0.3) is 11.0 Å². The minimum absolute atomic E-state index is 0.152. The number of phenolic OH excluding ortho intramolecular Hbond substituents is 1. The fraction of sp³-hybridized carbons (Fsp3) is 0.385. The lowest BCUT2D eigenvalue weighted by Gasteiger charge is -2.35. The maximum Gasteiger partial charge on any atom is 0.336 e. The van der Waals surface area contributed by atoms with Crippen molar-refractivity contribution in [1.82, 2.24) is 9.80 Å². The van der Waals surface area contributed by atoms with Crippen LogP contribution in [0.15, 0.2) is 57.7 Å². The molecule has 0 spiro atoms. The Kier molecular flexibility index (Phi) is 6.90. The normalized spacial score (nSPS) is 14.7. The number of fused-ring (bicyclic) bond motifs is 1. The predicted octanol–water partition coefficient (Wildman–Crippen LogP) is 3.73. The van der Waals surface area contributed by atoms with E-state index >= 15 is 0 Å². The molecule has 1 amide bonds. The Labute approximate surface area is 188 Å². The summed E-state index contributed by atoms with van der Waals surface area (Å²) < 4.78 is 5.30. The highest BCUT2D eigenvalue weighted by atomic mass is 16.4. The molecule has 1 N–H and O–H groups in total. The van der Waals surface area contributed by atoms with Crippen molar-refractivity contribution in [3.8, 4) is 5.75 Å². The van der Waals surface area contributed by atoms with E-state index in [1.807, 2.05) is 36.1 Å². The Bertz CT molecular complexity index is 1130. The van der Waals surface area contributed by atoms with Crippen molar-refractivity contribution in [2.24, 2.45) is 0 Å². The molecule has 0 aliphatic carbocycles. The number of piperazine rings is 1. The van der Waals surface area contributed by atoms with Gasteiger partial charge in [0.25, 0.3) is 0 Å². The number of nitrogens with zero attached hydrogens (tertiary/aromatic N) is 2. The van der Waals surface area contributed by atoms with E-state index in [-0.39, 0.29) is 11.7 Å². The first-order chi connectivity index (χ1) is 15.5. The largest absolute Gasteiger partial charge is 0.508 e. The molecule has 32 heavy (non-hydrogen) atoms. The molecule has 0 atom stereocenters. The van der Waals surface area contributed by atoms with Crippen LogP contribution in [0, 0.1) is 0 Å². The van der Waals surface area contributed by atoms with E-state index in [0.717, 1.165) is 42.4 Å². The number of carbonyl (C=O) groups excluding carboxylic acids is 1. The van der Waals surface area contributed by atoms with Crippen LogP contribution in [0.3, 0.4) is 0 Å². The molecule has 0 unspecified atom stereocenters. The third-order valence-corrected chi connectivity index (χ3v) is 6.23. The number of hydrogen-bond acceptors (Lipinski definition) is 5. The van der Waals surface area contributed by atoms with Crippen LogP contribution >= 0.6 is 0 Å². The summed E-state index contributed by atoms with van der Waals surface area (Å²) in [5, 5.41) is 11.0. The van der Waals surface area contributed by atoms with Gasteiger partial charge in [-0.2, -0.15) is 0 Å². The Morgan fingerprint density at radius 2 is 1.78 bits per heavy atom. The van der Waals surface area contributed by atoms with Crippen molar-refractivity contribution in [1.29, 1.82) is 0 Å². The van der Waals surface area contributed by atoms with Gasteiger partial charge in [-0.1, -0.05) is 37.3 Å². The zero-order valence-corrected chi connectivity index (χ0v) is 18.5. The number of amides is 1. The molecule has 1 saturated heterocycles. The summed E-state index contributed by atoms with van der Waals surface area (Å²) in [5.41, 5.74) is 2.99. The number of hydrogen-bond donors (Lipinski definition) is 1. The Balaban J connectivity index is 1.34. The van der Waals surface area contributed by atoms with E-state index in [0.29, 0.717) is 38.1 Å². The van der Waals surface area contributed by atoms with Crippen LogP contribution in [0.2, 0.25) is 0 Å². The van der Waals surface area contributed by atoms with Crippen LogP contribution in [-0.2, 0) is 24.2 Å². The molecule has 168 valence electrons. The molecular formula is C26H30N2O4. The first-order valence-corrected chi connectivity index (χ1v) is 11.4. The van der Waals surface area contributed by atoms with E-state index < -0.39 is 5.63 Å². The van der Waals surface area contributed by atoms with Gasteiger partial charge in [0, 0.05) is 56.7 Å². The van der Waals surface area contributed by atoms with Gasteiger partial charge in [0.15, 0.2) is 0 Å². The first-order valence-electron chi connectivity index (χ1n) is 11.4. The molecule has 6 nitrogen and oxygen atoms in total. The van der Waals surface area contributed by atoms with Crippen LogP contribution in [0.4, 0.5) is 0 Å². The second-order valence-corrected chi connectivity index (χ2v) is 8.42. The van der Waals surface area contributed by atoms with E-state index in [1.54, 1.807) is 6.07 Å². The van der Waals surface area contributed by atoms with Crippen molar-refractivity contribution < 1.29 is 14.3 Å². The minimum atomic E-state index is -0.414. The topological polar surface area (TPSA) is 74.0 Å². The number of benzene rings is 2. The molecule has 1 fully saturated rings. The minimum Gasteiger partial charge on any atom is -0.508 e. The van der Waals surface area contributed by atoms with Gasteiger partial charge in [0.2, 0.25) is 5.91 Å². The molecular weight excluding hydrogens is 404 g/mol. The highest BCUT2D eigenvalue weighted by Gasteiger charge is 2.22. The van der Waals surface area contributed by atoms with E-state index in [4.69, 9.17) is 4.42 Å². The molecule has 3 aromatic rings. The first kappa shape index (κ1) is 22.1. The van der Waals surface area contributed by atoms with E-state index in [1.165, 1.54) is 11.6 Å². The Morgan fingerprint density at radius 1 is 1.03 bits per heavy atom. The van der Waals surface area contributed by atoms with Gasteiger partial charge in [0.05, 0.1) is 0 Å². The molecule has 4 rings (SSSR count). The summed E-state index contributed by atoms with van der Waals surface area (Å²) in [4.78, 5) is 28.9. The molecule has 0 saturated carbocycles. The van der Waals surface area contributed by atoms with E-state index in [9.17, 15) is 14.7 Å². The van der Waals surface area contributed by atoms with Crippen molar-refractivity contribution in [3.05, 3.63) is 75.6 Å². The lowest BCUT2D eigenvalue weighted by atomic mass is 10.0. The summed E-state index contributed by atoms with van der Waals surface area (Å²) in [5.74, 6) is 0.370. The fourth-order valence-corrected chi connectivity index (χ4v) is 4.36. The van der Waals surface area contributed by atoms with Gasteiger partial charge in [-0.3, -0.25) is 9.69 Å². The van der Waals surface area contributed by atoms with Crippen LogP contribution in [-0.4, -0.2) is 47.0 Å². The van der Waals surface area contributed by atoms with Crippen molar-refractivity contribution in [2.75, 3.05) is 26.2 Å². The molecule has 6 heteroatoms. The lowest BCUT2D eigenvalue weighted by molar-refractivity contribution is -0.133. The lowest BCUT2D eigenvalue weighted by Crippen LogP contribution is -2.48. The second kappa shape index (κ2) is 10.0. The third kappa shape index (κ3) is 5.19. The fourth-order valence-electron chi connectivity index (χ4n) is 4.36. The monoisotopic (exact) mass is 434 g/mol. The highest BCUT2D eigenvalue weighted by Crippen LogP contribution is 2.27. The predicted molar refractivity (Wildman–Crippen MR) is 125 cm³/mol. The molecule has 1 aromatic heterocycles. The quantitative estimate of drug-likeness (QED) is 0.574. The molecule has 1 aliphatic rings. The van der Waals surface area contributed by atoms with Gasteiger partial charge in [0.1, 0.15) is 11.3 Å². The van der Waals surface area contributed by atoms with Gasteiger partial charge < -0.3 is 14.4 Å². The van der Waals surface area contributed by atoms with Gasteiger partial charge >= 0.3 is 5.63 Å². The standard InChI is InChI=1S/C26H30N2O4/c1-2-20-15-22-21(16-26(31)32-24(22)17-23(20)29)18-27-11-13-28(14-12-27)25(30)10-6-9-19-7-4-3-5-8-19/h3-5,7-8,15-17,29H,2,6,9-14,18H2,1H3. The van der Waals surface area contributed by atoms with Crippen LogP contribution < -0.4 is 5.63 Å². The molecule has 2 aromatic carbocycles. The highest BCUT2D eigenvalue weighted by molar-refractivity contribution is 5.82. The van der Waals surface area contributed by atoms with Gasteiger partial charge in [-0.25, -0.2) is 4.79 Å². The van der Waals surface area contributed by atoms with Gasteiger partial charge in [-0.05, 0) is 42.0 Å². The zero-order valence-electron chi connectivity index (χ0n) is 18.5. The van der Waals surface area contributed by atoms with Crippen molar-refractivity contribution in [3.63, 3.8) is 0 Å². The molecule has 1 aliphatic heterocycles. The van der Waals surface area contributed by atoms with Crippen LogP contribution in [0.1, 0.15) is 36.5 Å². The Morgan fingerprint density at radius 3 is 2.50 bits per heavy atom. The summed E-state index contributed by atoms with van der Waals surface area (Å²) in [6.07, 6.45) is 3.06. The number of aryl methyl sites for hydroxylation is 2. The van der Waals surface area contributed by atoms with Crippen LogP contribution in [0.5, 0.6) is 5.75 Å². The second-order valence-electron chi connectivity index (χ2n) is 8.42. The number of phenols is 1. The SMILES string of the molecule is CCc1cc2c(CN3CCN(C(=O)CCCc4ccccc4)CC3)cc(=O)oc2cc1O. The molecule has 2 heterocycles. The average molecular weight is 435 g/mol.